The Bertz CT molecular complexity index is 650. The van der Waals surface area contributed by atoms with Crippen molar-refractivity contribution in [1.82, 2.24) is 20.4 Å². The lowest BCUT2D eigenvalue weighted by molar-refractivity contribution is -0.142. The van der Waals surface area contributed by atoms with Gasteiger partial charge in [-0.1, -0.05) is 0 Å². The minimum Gasteiger partial charge on any atom is -0.480 e. The summed E-state index contributed by atoms with van der Waals surface area (Å²) in [5.41, 5.74) is 10.1. The molecule has 0 radical (unpaired) electrons. The number of carboxylic acid groups (broad SMARTS) is 1. The molecule has 1 heterocycles. The first-order valence-electron chi connectivity index (χ1n) is 9.80. The summed E-state index contributed by atoms with van der Waals surface area (Å²) in [6, 6.07) is -2.17. The summed E-state index contributed by atoms with van der Waals surface area (Å²) in [6.07, 6.45) is 1.12. The van der Waals surface area contributed by atoms with E-state index in [-0.39, 0.29) is 43.6 Å². The molecule has 0 spiro atoms. The lowest BCUT2D eigenvalue weighted by Crippen LogP contribution is -2.59. The quantitative estimate of drug-likeness (QED) is 0.144. The van der Waals surface area contributed by atoms with Crippen molar-refractivity contribution in [2.45, 2.75) is 45.2 Å². The monoisotopic (exact) mass is 427 g/mol. The number of rotatable bonds is 8. The SMILES string of the molecule is CC(C)(C)NC(=O)N1CCN(C(=O)N[C@H](C(=O)O)[C@H](C=O)CCCN=C(N)N)CC1. The van der Waals surface area contributed by atoms with Gasteiger partial charge in [0.15, 0.2) is 5.96 Å². The van der Waals surface area contributed by atoms with Gasteiger partial charge in [-0.15, -0.1) is 0 Å². The second-order valence-electron chi connectivity index (χ2n) is 8.17. The molecular weight excluding hydrogens is 394 g/mol. The summed E-state index contributed by atoms with van der Waals surface area (Å²) in [4.78, 5) is 54.6. The van der Waals surface area contributed by atoms with Gasteiger partial charge >= 0.3 is 18.0 Å². The topological polar surface area (TPSA) is 183 Å². The van der Waals surface area contributed by atoms with Crippen LogP contribution < -0.4 is 22.1 Å². The van der Waals surface area contributed by atoms with E-state index >= 15 is 0 Å². The smallest absolute Gasteiger partial charge is 0.327 e. The number of nitrogens with two attached hydrogens (primary N) is 2. The van der Waals surface area contributed by atoms with Gasteiger partial charge in [-0.05, 0) is 33.6 Å². The van der Waals surface area contributed by atoms with Crippen LogP contribution in [-0.4, -0.2) is 89.5 Å². The lowest BCUT2D eigenvalue weighted by atomic mass is 9.96. The minimum atomic E-state index is -1.36. The van der Waals surface area contributed by atoms with Crippen LogP contribution >= 0.6 is 0 Å². The van der Waals surface area contributed by atoms with E-state index < -0.39 is 24.0 Å². The third kappa shape index (κ3) is 8.53. The molecule has 30 heavy (non-hydrogen) atoms. The normalized spacial score (nSPS) is 16.2. The fourth-order valence-electron chi connectivity index (χ4n) is 2.94. The molecule has 1 aliphatic rings. The fraction of sp³-hybridized carbons (Fsp3) is 0.722. The van der Waals surface area contributed by atoms with Gasteiger partial charge in [-0.25, -0.2) is 14.4 Å². The molecule has 2 atom stereocenters. The molecule has 1 saturated heterocycles. The number of aldehydes is 1. The molecule has 0 aromatic carbocycles. The number of hydrogen-bond acceptors (Lipinski definition) is 5. The largest absolute Gasteiger partial charge is 0.480 e. The Balaban J connectivity index is 2.61. The molecule has 0 aromatic rings. The second kappa shape index (κ2) is 11.2. The maximum absolute atomic E-state index is 12.5. The maximum atomic E-state index is 12.5. The van der Waals surface area contributed by atoms with Crippen molar-refractivity contribution in [3.8, 4) is 0 Å². The van der Waals surface area contributed by atoms with Gasteiger partial charge in [0.1, 0.15) is 12.3 Å². The van der Waals surface area contributed by atoms with Crippen LogP contribution in [0.3, 0.4) is 0 Å². The summed E-state index contributed by atoms with van der Waals surface area (Å²) < 4.78 is 0. The van der Waals surface area contributed by atoms with Crippen LogP contribution in [0.1, 0.15) is 33.6 Å². The molecular formula is C18H33N7O5. The van der Waals surface area contributed by atoms with Gasteiger partial charge in [0.05, 0.1) is 0 Å². The Morgan fingerprint density at radius 1 is 1.10 bits per heavy atom. The fourth-order valence-corrected chi connectivity index (χ4v) is 2.94. The Kier molecular flexibility index (Phi) is 9.34. The van der Waals surface area contributed by atoms with Crippen LogP contribution in [0.5, 0.6) is 0 Å². The number of nitrogens with one attached hydrogen (secondary N) is 2. The van der Waals surface area contributed by atoms with Gasteiger partial charge in [-0.3, -0.25) is 4.99 Å². The van der Waals surface area contributed by atoms with E-state index in [2.05, 4.69) is 15.6 Å². The zero-order valence-corrected chi connectivity index (χ0v) is 17.8. The van der Waals surface area contributed by atoms with Crippen LogP contribution in [0.4, 0.5) is 9.59 Å². The lowest BCUT2D eigenvalue weighted by Gasteiger charge is -2.36. The maximum Gasteiger partial charge on any atom is 0.327 e. The Labute approximate surface area is 176 Å². The summed E-state index contributed by atoms with van der Waals surface area (Å²) in [6.45, 7) is 7.04. The molecule has 170 valence electrons. The van der Waals surface area contributed by atoms with E-state index in [0.29, 0.717) is 25.8 Å². The first-order chi connectivity index (χ1) is 13.9. The molecule has 1 rings (SSSR count). The van der Waals surface area contributed by atoms with Crippen molar-refractivity contribution >= 4 is 30.3 Å². The average molecular weight is 428 g/mol. The number of hydrogen-bond donors (Lipinski definition) is 5. The Morgan fingerprint density at radius 2 is 1.63 bits per heavy atom. The number of urea groups is 2. The van der Waals surface area contributed by atoms with Gasteiger partial charge in [0.2, 0.25) is 0 Å². The molecule has 0 aliphatic carbocycles. The van der Waals surface area contributed by atoms with E-state index in [4.69, 9.17) is 11.5 Å². The van der Waals surface area contributed by atoms with Gasteiger partial charge in [0.25, 0.3) is 0 Å². The minimum absolute atomic E-state index is 0.0870. The molecule has 0 saturated carbocycles. The van der Waals surface area contributed by atoms with Crippen LogP contribution in [0.2, 0.25) is 0 Å². The molecule has 1 aliphatic heterocycles. The Hall–Kier alpha value is -3.05. The molecule has 7 N–H and O–H groups in total. The third-order valence-electron chi connectivity index (χ3n) is 4.47. The summed E-state index contributed by atoms with van der Waals surface area (Å²) in [7, 11) is 0. The van der Waals surface area contributed by atoms with Crippen molar-refractivity contribution in [3.05, 3.63) is 0 Å². The molecule has 0 bridgehead atoms. The van der Waals surface area contributed by atoms with Gasteiger partial charge < -0.3 is 41.8 Å². The number of carbonyl (C=O) groups is 4. The molecule has 1 fully saturated rings. The number of carbonyl (C=O) groups excluding carboxylic acids is 3. The first-order valence-corrected chi connectivity index (χ1v) is 9.80. The standard InChI is InChI=1S/C18H33N7O5/c1-18(2,3)23-17(30)25-9-7-24(8-10-25)16(29)22-13(14(27)28)12(11-26)5-4-6-21-15(19)20/h11-13H,4-10H2,1-3H3,(H,22,29)(H,23,30)(H,27,28)(H4,19,20,21)/t12-,13-/m0/s1. The van der Waals surface area contributed by atoms with Crippen molar-refractivity contribution in [1.29, 1.82) is 0 Å². The Morgan fingerprint density at radius 3 is 2.07 bits per heavy atom. The van der Waals surface area contributed by atoms with E-state index in [1.807, 2.05) is 20.8 Å². The average Bonchev–Trinajstić information content (AvgIpc) is 2.65. The predicted molar refractivity (Wildman–Crippen MR) is 111 cm³/mol. The number of nitrogens with zero attached hydrogens (tertiary/aromatic N) is 3. The summed E-state index contributed by atoms with van der Waals surface area (Å²) >= 11 is 0. The van der Waals surface area contributed by atoms with E-state index in [1.54, 1.807) is 4.90 Å². The van der Waals surface area contributed by atoms with Gasteiger partial charge in [-0.2, -0.15) is 0 Å². The highest BCUT2D eigenvalue weighted by atomic mass is 16.4. The molecule has 0 aromatic heterocycles. The number of amides is 4. The second-order valence-corrected chi connectivity index (χ2v) is 8.17. The first kappa shape index (κ1) is 25.0. The molecule has 4 amide bonds. The van der Waals surface area contributed by atoms with Crippen LogP contribution in [0.25, 0.3) is 0 Å². The number of aliphatic imine (C=N–C) groups is 1. The van der Waals surface area contributed by atoms with Crippen molar-refractivity contribution in [2.24, 2.45) is 22.4 Å². The molecule has 0 unspecified atom stereocenters. The zero-order valence-electron chi connectivity index (χ0n) is 17.8. The molecule has 12 heteroatoms. The number of aliphatic carboxylic acids is 1. The van der Waals surface area contributed by atoms with Crippen LogP contribution in [0, 0.1) is 5.92 Å². The van der Waals surface area contributed by atoms with Crippen molar-refractivity contribution in [3.63, 3.8) is 0 Å². The highest BCUT2D eigenvalue weighted by molar-refractivity contribution is 5.85. The number of piperazine rings is 1. The third-order valence-corrected chi connectivity index (χ3v) is 4.47. The molecule has 12 nitrogen and oxygen atoms in total. The van der Waals surface area contributed by atoms with Gasteiger partial charge in [0, 0.05) is 44.2 Å². The predicted octanol–water partition coefficient (Wildman–Crippen LogP) is -0.856. The summed E-state index contributed by atoms with van der Waals surface area (Å²) in [5, 5.41) is 14.8. The van der Waals surface area contributed by atoms with E-state index in [0.717, 1.165) is 0 Å². The van der Waals surface area contributed by atoms with E-state index in [9.17, 15) is 24.3 Å². The number of carboxylic acids is 1. The van der Waals surface area contributed by atoms with E-state index in [1.165, 1.54) is 4.90 Å². The highest BCUT2D eigenvalue weighted by Crippen LogP contribution is 2.12. The van der Waals surface area contributed by atoms with Crippen molar-refractivity contribution < 1.29 is 24.3 Å². The highest BCUT2D eigenvalue weighted by Gasteiger charge is 2.32. The zero-order chi connectivity index (χ0) is 22.9. The summed E-state index contributed by atoms with van der Waals surface area (Å²) in [5.74, 6) is -2.30. The number of guanidine groups is 1. The van der Waals surface area contributed by atoms with Crippen LogP contribution in [-0.2, 0) is 9.59 Å². The van der Waals surface area contributed by atoms with Crippen LogP contribution in [0.15, 0.2) is 4.99 Å². The van der Waals surface area contributed by atoms with Crippen molar-refractivity contribution in [2.75, 3.05) is 32.7 Å².